The molecule has 0 unspecified atom stereocenters. The van der Waals surface area contributed by atoms with E-state index >= 15 is 0 Å². The molecule has 3 rings (SSSR count). The minimum atomic E-state index is -3.90. The van der Waals surface area contributed by atoms with Crippen molar-refractivity contribution in [2.75, 3.05) is 5.32 Å². The predicted molar refractivity (Wildman–Crippen MR) is 109 cm³/mol. The van der Waals surface area contributed by atoms with Crippen LogP contribution in [0.5, 0.6) is 11.5 Å². The van der Waals surface area contributed by atoms with Gasteiger partial charge in [0.15, 0.2) is 6.23 Å². The van der Waals surface area contributed by atoms with E-state index in [2.05, 4.69) is 5.32 Å². The van der Waals surface area contributed by atoms with Crippen molar-refractivity contribution < 1.29 is 22.7 Å². The first-order valence-electron chi connectivity index (χ1n) is 8.13. The van der Waals surface area contributed by atoms with E-state index in [1.54, 1.807) is 12.1 Å². The van der Waals surface area contributed by atoms with E-state index in [0.29, 0.717) is 10.7 Å². The Morgan fingerprint density at radius 3 is 2.45 bits per heavy atom. The van der Waals surface area contributed by atoms with E-state index < -0.39 is 22.1 Å². The summed E-state index contributed by atoms with van der Waals surface area (Å²) in [6.07, 6.45) is -1.32. The molecule has 0 bridgehead atoms. The van der Waals surface area contributed by atoms with Gasteiger partial charge in [0, 0.05) is 16.3 Å². The van der Waals surface area contributed by atoms with Crippen LogP contribution >= 0.6 is 23.2 Å². The van der Waals surface area contributed by atoms with Crippen molar-refractivity contribution >= 4 is 38.9 Å². The Labute approximate surface area is 176 Å². The van der Waals surface area contributed by atoms with Gasteiger partial charge in [-0.25, -0.2) is 17.9 Å². The molecule has 10 heteroatoms. The highest BCUT2D eigenvalue weighted by atomic mass is 35.5. The highest BCUT2D eigenvalue weighted by Crippen LogP contribution is 2.36. The summed E-state index contributed by atoms with van der Waals surface area (Å²) in [5.41, 5.74) is 0.550. The Balaban J connectivity index is 1.91. The molecule has 0 aromatic heterocycles. The number of hydrogen-bond acceptors (Lipinski definition) is 5. The molecule has 3 aromatic rings. The van der Waals surface area contributed by atoms with E-state index in [1.807, 2.05) is 0 Å². The number of aliphatic hydroxyl groups excluding tert-OH is 1. The van der Waals surface area contributed by atoms with Crippen LogP contribution in [0.25, 0.3) is 0 Å². The first kappa shape index (κ1) is 21.4. The van der Waals surface area contributed by atoms with Crippen LogP contribution in [0.3, 0.4) is 0 Å². The number of sulfonamides is 1. The van der Waals surface area contributed by atoms with E-state index in [-0.39, 0.29) is 27.0 Å². The fourth-order valence-corrected chi connectivity index (χ4v) is 3.45. The Bertz CT molecular complexity index is 1160. The van der Waals surface area contributed by atoms with Gasteiger partial charge in [0.05, 0.1) is 9.92 Å². The zero-order chi connectivity index (χ0) is 21.2. The number of anilines is 1. The third-order valence-electron chi connectivity index (χ3n) is 3.85. The third kappa shape index (κ3) is 5.37. The number of ether oxygens (including phenoxy) is 1. The van der Waals surface area contributed by atoms with Crippen molar-refractivity contribution in [3.05, 3.63) is 82.1 Å². The molecule has 6 nitrogen and oxygen atoms in total. The molecule has 0 spiro atoms. The number of nitrogens with one attached hydrogen (secondary N) is 1. The maximum atomic E-state index is 13.2. The van der Waals surface area contributed by atoms with Gasteiger partial charge in [-0.1, -0.05) is 29.3 Å². The first-order chi connectivity index (χ1) is 13.6. The first-order valence-corrected chi connectivity index (χ1v) is 10.4. The van der Waals surface area contributed by atoms with Crippen LogP contribution in [-0.2, 0) is 10.0 Å². The minimum Gasteiger partial charge on any atom is -0.455 e. The zero-order valence-electron chi connectivity index (χ0n) is 14.6. The summed E-state index contributed by atoms with van der Waals surface area (Å²) in [5.74, 6) is -0.124. The van der Waals surface area contributed by atoms with Crippen LogP contribution in [0.2, 0.25) is 10.0 Å². The Kier molecular flexibility index (Phi) is 6.30. The lowest BCUT2D eigenvalue weighted by atomic mass is 10.1. The van der Waals surface area contributed by atoms with Crippen LogP contribution in [0, 0.1) is 5.82 Å². The van der Waals surface area contributed by atoms with Crippen molar-refractivity contribution in [2.45, 2.75) is 11.1 Å². The number of aliphatic hydroxyl groups is 1. The average Bonchev–Trinajstić information content (AvgIpc) is 2.64. The summed E-state index contributed by atoms with van der Waals surface area (Å²) in [4.78, 5) is -0.115. The number of rotatable bonds is 6. The largest absolute Gasteiger partial charge is 0.455 e. The van der Waals surface area contributed by atoms with E-state index in [1.165, 1.54) is 42.5 Å². The lowest BCUT2D eigenvalue weighted by Gasteiger charge is -2.19. The standard InChI is InChI=1S/C19H15Cl2FN2O4S/c20-11-4-6-17(28-18-7-5-12(22)9-16(18)21)15(8-11)19(25)24-13-2-1-3-14(10-13)29(23,26)27/h1-10,19,24-25H,(H2,23,26,27)/t19-/m0/s1. The highest BCUT2D eigenvalue weighted by Gasteiger charge is 2.17. The quantitative estimate of drug-likeness (QED) is 0.467. The minimum absolute atomic E-state index is 0.0502. The van der Waals surface area contributed by atoms with Crippen LogP contribution in [0.4, 0.5) is 10.1 Å². The fraction of sp³-hybridized carbons (Fsp3) is 0.0526. The molecular weight excluding hydrogens is 442 g/mol. The number of nitrogens with two attached hydrogens (primary N) is 1. The van der Waals surface area contributed by atoms with Gasteiger partial charge in [-0.3, -0.25) is 0 Å². The summed E-state index contributed by atoms with van der Waals surface area (Å²) in [6, 6.07) is 13.8. The number of primary sulfonamides is 1. The van der Waals surface area contributed by atoms with Crippen molar-refractivity contribution in [1.29, 1.82) is 0 Å². The zero-order valence-corrected chi connectivity index (χ0v) is 17.0. The second-order valence-corrected chi connectivity index (χ2v) is 8.38. The van der Waals surface area contributed by atoms with Crippen molar-refractivity contribution in [3.8, 4) is 11.5 Å². The molecule has 4 N–H and O–H groups in total. The van der Waals surface area contributed by atoms with Gasteiger partial charge < -0.3 is 15.2 Å². The number of benzene rings is 3. The van der Waals surface area contributed by atoms with Crippen molar-refractivity contribution in [1.82, 2.24) is 0 Å². The van der Waals surface area contributed by atoms with Crippen LogP contribution in [-0.4, -0.2) is 13.5 Å². The summed E-state index contributed by atoms with van der Waals surface area (Å²) in [7, 11) is -3.90. The summed E-state index contributed by atoms with van der Waals surface area (Å²) in [5, 5.41) is 18.9. The molecule has 0 radical (unpaired) electrons. The molecule has 1 atom stereocenters. The maximum Gasteiger partial charge on any atom is 0.238 e. The Morgan fingerprint density at radius 1 is 1.03 bits per heavy atom. The molecule has 0 fully saturated rings. The molecule has 0 aliphatic heterocycles. The third-order valence-corrected chi connectivity index (χ3v) is 5.29. The van der Waals surface area contributed by atoms with E-state index in [4.69, 9.17) is 33.1 Å². The van der Waals surface area contributed by atoms with Crippen LogP contribution < -0.4 is 15.2 Å². The molecule has 0 amide bonds. The molecule has 3 aromatic carbocycles. The SMILES string of the molecule is NS(=O)(=O)c1cccc(N[C@@H](O)c2cc(Cl)ccc2Oc2ccc(F)cc2Cl)c1. The summed E-state index contributed by atoms with van der Waals surface area (Å²) >= 11 is 12.0. The lowest BCUT2D eigenvalue weighted by molar-refractivity contribution is 0.204. The monoisotopic (exact) mass is 456 g/mol. The molecule has 152 valence electrons. The van der Waals surface area contributed by atoms with Gasteiger partial charge in [0.2, 0.25) is 10.0 Å². The molecule has 0 heterocycles. The van der Waals surface area contributed by atoms with Gasteiger partial charge in [-0.15, -0.1) is 0 Å². The van der Waals surface area contributed by atoms with Gasteiger partial charge in [-0.05, 0) is 54.6 Å². The summed E-state index contributed by atoms with van der Waals surface area (Å²) in [6.45, 7) is 0. The number of hydrogen-bond donors (Lipinski definition) is 3. The summed E-state index contributed by atoms with van der Waals surface area (Å²) < 4.78 is 42.0. The second kappa shape index (κ2) is 8.56. The smallest absolute Gasteiger partial charge is 0.238 e. The Morgan fingerprint density at radius 2 is 1.76 bits per heavy atom. The van der Waals surface area contributed by atoms with Crippen LogP contribution in [0.1, 0.15) is 11.8 Å². The molecule has 0 aliphatic rings. The maximum absolute atomic E-state index is 13.2. The molecular formula is C19H15Cl2FN2O4S. The van der Waals surface area contributed by atoms with Crippen molar-refractivity contribution in [2.24, 2.45) is 5.14 Å². The fourth-order valence-electron chi connectivity index (χ4n) is 2.50. The predicted octanol–water partition coefficient (Wildman–Crippen LogP) is 4.68. The van der Waals surface area contributed by atoms with Crippen molar-refractivity contribution in [3.63, 3.8) is 0 Å². The lowest BCUT2D eigenvalue weighted by Crippen LogP contribution is -2.14. The van der Waals surface area contributed by atoms with E-state index in [9.17, 15) is 17.9 Å². The average molecular weight is 457 g/mol. The molecule has 0 saturated carbocycles. The highest BCUT2D eigenvalue weighted by molar-refractivity contribution is 7.89. The van der Waals surface area contributed by atoms with Gasteiger partial charge in [0.1, 0.15) is 17.3 Å². The van der Waals surface area contributed by atoms with E-state index in [0.717, 1.165) is 6.07 Å². The normalized spacial score (nSPS) is 12.4. The molecule has 0 aliphatic carbocycles. The number of halogens is 3. The van der Waals surface area contributed by atoms with Gasteiger partial charge in [-0.2, -0.15) is 0 Å². The second-order valence-electron chi connectivity index (χ2n) is 5.98. The topological polar surface area (TPSA) is 102 Å². The molecule has 29 heavy (non-hydrogen) atoms. The Hall–Kier alpha value is -2.36. The molecule has 0 saturated heterocycles. The van der Waals surface area contributed by atoms with Gasteiger partial charge in [0.25, 0.3) is 0 Å². The van der Waals surface area contributed by atoms with Crippen LogP contribution in [0.15, 0.2) is 65.6 Å². The van der Waals surface area contributed by atoms with Gasteiger partial charge >= 0.3 is 0 Å².